The lowest BCUT2D eigenvalue weighted by molar-refractivity contribution is -0.385. The zero-order valence-electron chi connectivity index (χ0n) is 17.9. The van der Waals surface area contributed by atoms with E-state index in [9.17, 15) is 14.9 Å². The summed E-state index contributed by atoms with van der Waals surface area (Å²) in [6, 6.07) is 10.6. The van der Waals surface area contributed by atoms with E-state index in [2.05, 4.69) is 10.2 Å². The number of morpholine rings is 1. The number of carbonyl (C=O) groups excluding carboxylic acids is 1. The number of nitrogens with one attached hydrogen (secondary N) is 1. The Morgan fingerprint density at radius 3 is 2.35 bits per heavy atom. The van der Waals surface area contributed by atoms with Gasteiger partial charge in [0.25, 0.3) is 11.6 Å². The third-order valence-electron chi connectivity index (χ3n) is 5.35. The van der Waals surface area contributed by atoms with Crippen molar-refractivity contribution in [1.29, 1.82) is 0 Å². The molecule has 0 aliphatic carbocycles. The number of amides is 1. The van der Waals surface area contributed by atoms with Gasteiger partial charge in [0.05, 0.1) is 44.5 Å². The van der Waals surface area contributed by atoms with Gasteiger partial charge in [-0.15, -0.1) is 0 Å². The fourth-order valence-corrected chi connectivity index (χ4v) is 3.62. The topological polar surface area (TPSA) is 103 Å². The molecule has 166 valence electrons. The molecule has 2 aromatic carbocycles. The lowest BCUT2D eigenvalue weighted by Gasteiger charge is -2.35. The van der Waals surface area contributed by atoms with Crippen molar-refractivity contribution in [2.24, 2.45) is 0 Å². The van der Waals surface area contributed by atoms with Crippen molar-refractivity contribution in [3.05, 3.63) is 63.2 Å². The second kappa shape index (κ2) is 10.2. The Balaban J connectivity index is 1.85. The number of hydrogen-bond donors (Lipinski definition) is 1. The predicted molar refractivity (Wildman–Crippen MR) is 115 cm³/mol. The molecule has 0 spiro atoms. The number of rotatable bonds is 8. The summed E-state index contributed by atoms with van der Waals surface area (Å²) in [7, 11) is 2.80. The summed E-state index contributed by atoms with van der Waals surface area (Å²) in [6.45, 7) is 5.05. The molecule has 1 amide bonds. The number of aryl methyl sites for hydroxylation is 1. The number of nitro groups is 1. The van der Waals surface area contributed by atoms with Crippen LogP contribution in [0.15, 0.2) is 36.4 Å². The Bertz CT molecular complexity index is 926. The molecule has 0 saturated carbocycles. The molecule has 9 nitrogen and oxygen atoms in total. The molecule has 9 heteroatoms. The molecule has 0 aromatic heterocycles. The zero-order chi connectivity index (χ0) is 22.4. The number of hydrogen-bond acceptors (Lipinski definition) is 7. The highest BCUT2D eigenvalue weighted by molar-refractivity contribution is 5.99. The second-order valence-corrected chi connectivity index (χ2v) is 7.27. The van der Waals surface area contributed by atoms with E-state index in [1.54, 1.807) is 0 Å². The third-order valence-corrected chi connectivity index (χ3v) is 5.35. The summed E-state index contributed by atoms with van der Waals surface area (Å²) in [5, 5.41) is 14.4. The van der Waals surface area contributed by atoms with E-state index in [0.717, 1.165) is 24.2 Å². The lowest BCUT2D eigenvalue weighted by atomic mass is 10.0. The van der Waals surface area contributed by atoms with Gasteiger partial charge in [-0.05, 0) is 12.5 Å². The van der Waals surface area contributed by atoms with Crippen molar-refractivity contribution in [2.45, 2.75) is 13.0 Å². The summed E-state index contributed by atoms with van der Waals surface area (Å²) in [4.78, 5) is 26.1. The van der Waals surface area contributed by atoms with Crippen LogP contribution < -0.4 is 14.8 Å². The Kier molecular flexibility index (Phi) is 7.43. The number of methoxy groups -OCH3 is 2. The molecule has 1 aliphatic heterocycles. The van der Waals surface area contributed by atoms with Crippen molar-refractivity contribution in [1.82, 2.24) is 10.2 Å². The summed E-state index contributed by atoms with van der Waals surface area (Å²) in [6.07, 6.45) is 0. The fraction of sp³-hybridized carbons (Fsp3) is 0.409. The van der Waals surface area contributed by atoms with Crippen LogP contribution in [0.5, 0.6) is 11.5 Å². The van der Waals surface area contributed by atoms with Crippen LogP contribution in [0, 0.1) is 17.0 Å². The van der Waals surface area contributed by atoms with Gasteiger partial charge in [-0.2, -0.15) is 0 Å². The molecular formula is C22H27N3O6. The molecule has 0 unspecified atom stereocenters. The summed E-state index contributed by atoms with van der Waals surface area (Å²) in [5.41, 5.74) is 1.80. The molecule has 1 saturated heterocycles. The van der Waals surface area contributed by atoms with E-state index in [1.165, 1.54) is 26.4 Å². The van der Waals surface area contributed by atoms with E-state index < -0.39 is 10.8 Å². The van der Waals surface area contributed by atoms with Gasteiger partial charge in [0.15, 0.2) is 11.5 Å². The van der Waals surface area contributed by atoms with E-state index in [4.69, 9.17) is 14.2 Å². The van der Waals surface area contributed by atoms with Gasteiger partial charge in [-0.3, -0.25) is 19.8 Å². The first-order chi connectivity index (χ1) is 14.9. The Hall–Kier alpha value is -3.17. The smallest absolute Gasteiger partial charge is 0.286 e. The van der Waals surface area contributed by atoms with Crippen molar-refractivity contribution in [3.63, 3.8) is 0 Å². The third kappa shape index (κ3) is 5.31. The minimum Gasteiger partial charge on any atom is -0.493 e. The van der Waals surface area contributed by atoms with E-state index in [0.29, 0.717) is 19.8 Å². The molecule has 1 N–H and O–H groups in total. The first kappa shape index (κ1) is 22.5. The minimum absolute atomic E-state index is 0.0762. The highest BCUT2D eigenvalue weighted by atomic mass is 16.6. The van der Waals surface area contributed by atoms with Crippen LogP contribution in [0.1, 0.15) is 27.5 Å². The molecule has 31 heavy (non-hydrogen) atoms. The number of ether oxygens (including phenoxy) is 3. The van der Waals surface area contributed by atoms with Crippen LogP contribution in [0.25, 0.3) is 0 Å². The molecule has 1 atom stereocenters. The first-order valence-corrected chi connectivity index (χ1v) is 10.0. The van der Waals surface area contributed by atoms with Gasteiger partial charge in [0.1, 0.15) is 5.56 Å². The standard InChI is InChI=1S/C22H27N3O6/c1-15-4-6-16(7-5-15)19(24-8-10-31-11-9-24)14-23-22(26)17-12-20(29-2)21(30-3)13-18(17)25(27)28/h4-7,12-13,19H,8-11,14H2,1-3H3,(H,23,26)/t19-/m0/s1. The molecule has 1 heterocycles. The van der Waals surface area contributed by atoms with Crippen LogP contribution in [-0.4, -0.2) is 62.8 Å². The maximum atomic E-state index is 13.0. The van der Waals surface area contributed by atoms with Crippen LogP contribution in [0.2, 0.25) is 0 Å². The molecule has 2 aromatic rings. The average Bonchev–Trinajstić information content (AvgIpc) is 2.79. The molecule has 1 fully saturated rings. The molecule has 0 bridgehead atoms. The average molecular weight is 429 g/mol. The molecule has 0 radical (unpaired) electrons. The van der Waals surface area contributed by atoms with E-state index >= 15 is 0 Å². The van der Waals surface area contributed by atoms with Gasteiger partial charge in [0.2, 0.25) is 0 Å². The van der Waals surface area contributed by atoms with Crippen LogP contribution in [-0.2, 0) is 4.74 Å². The maximum Gasteiger partial charge on any atom is 0.286 e. The van der Waals surface area contributed by atoms with Gasteiger partial charge >= 0.3 is 0 Å². The van der Waals surface area contributed by atoms with Gasteiger partial charge in [-0.1, -0.05) is 29.8 Å². The fourth-order valence-electron chi connectivity index (χ4n) is 3.62. The predicted octanol–water partition coefficient (Wildman–Crippen LogP) is 2.72. The molecule has 1 aliphatic rings. The van der Waals surface area contributed by atoms with Gasteiger partial charge < -0.3 is 19.5 Å². The molecular weight excluding hydrogens is 402 g/mol. The minimum atomic E-state index is -0.601. The monoisotopic (exact) mass is 429 g/mol. The largest absolute Gasteiger partial charge is 0.493 e. The Morgan fingerprint density at radius 1 is 1.16 bits per heavy atom. The zero-order valence-corrected chi connectivity index (χ0v) is 17.9. The summed E-state index contributed by atoms with van der Waals surface area (Å²) in [5.74, 6) is -0.101. The van der Waals surface area contributed by atoms with Crippen LogP contribution >= 0.6 is 0 Å². The van der Waals surface area contributed by atoms with E-state index in [-0.39, 0.29) is 28.8 Å². The SMILES string of the molecule is COc1cc(C(=O)NC[C@@H](c2ccc(C)cc2)N2CCOCC2)c([N+](=O)[O-])cc1OC. The van der Waals surface area contributed by atoms with Crippen molar-refractivity contribution in [2.75, 3.05) is 47.1 Å². The van der Waals surface area contributed by atoms with Crippen molar-refractivity contribution in [3.8, 4) is 11.5 Å². The normalized spacial score (nSPS) is 15.2. The Labute approximate surface area is 181 Å². The van der Waals surface area contributed by atoms with Crippen LogP contribution in [0.4, 0.5) is 5.69 Å². The first-order valence-electron chi connectivity index (χ1n) is 10.0. The highest BCUT2D eigenvalue weighted by Gasteiger charge is 2.27. The number of carbonyl (C=O) groups is 1. The highest BCUT2D eigenvalue weighted by Crippen LogP contribution is 2.34. The number of benzene rings is 2. The maximum absolute atomic E-state index is 13.0. The second-order valence-electron chi connectivity index (χ2n) is 7.27. The summed E-state index contributed by atoms with van der Waals surface area (Å²) >= 11 is 0. The number of nitrogens with zero attached hydrogens (tertiary/aromatic N) is 2. The summed E-state index contributed by atoms with van der Waals surface area (Å²) < 4.78 is 15.8. The van der Waals surface area contributed by atoms with Gasteiger partial charge in [0, 0.05) is 25.7 Å². The Morgan fingerprint density at radius 2 is 1.77 bits per heavy atom. The molecule has 3 rings (SSSR count). The van der Waals surface area contributed by atoms with Crippen molar-refractivity contribution < 1.29 is 23.9 Å². The number of nitro benzene ring substituents is 1. The van der Waals surface area contributed by atoms with Gasteiger partial charge in [-0.25, -0.2) is 0 Å². The van der Waals surface area contributed by atoms with Crippen LogP contribution in [0.3, 0.4) is 0 Å². The van der Waals surface area contributed by atoms with E-state index in [1.807, 2.05) is 31.2 Å². The lowest BCUT2D eigenvalue weighted by Crippen LogP contribution is -2.43. The van der Waals surface area contributed by atoms with Crippen molar-refractivity contribution >= 4 is 11.6 Å². The quantitative estimate of drug-likeness (QED) is 0.508.